The molecular formula is C14H29NO. The molecule has 2 nitrogen and oxygen atoms in total. The Labute approximate surface area is 101 Å². The lowest BCUT2D eigenvalue weighted by Gasteiger charge is -2.33. The minimum atomic E-state index is 0.0128. The molecule has 0 heterocycles. The Morgan fingerprint density at radius 2 is 1.69 bits per heavy atom. The van der Waals surface area contributed by atoms with E-state index in [1.807, 2.05) is 0 Å². The largest absolute Gasteiger partial charge is 0.379 e. The number of methoxy groups -OCH3 is 1. The lowest BCUT2D eigenvalue weighted by atomic mass is 9.80. The molecule has 1 fully saturated rings. The first kappa shape index (κ1) is 14.0. The molecule has 0 bridgehead atoms. The number of hydrogen-bond acceptors (Lipinski definition) is 2. The summed E-state index contributed by atoms with van der Waals surface area (Å²) < 4.78 is 5.43. The fourth-order valence-corrected chi connectivity index (χ4v) is 2.79. The predicted molar refractivity (Wildman–Crippen MR) is 69.7 cm³/mol. The number of ether oxygens (including phenoxy) is 1. The lowest BCUT2D eigenvalue weighted by Crippen LogP contribution is -2.39. The Balaban J connectivity index is 2.22. The van der Waals surface area contributed by atoms with Crippen LogP contribution in [0, 0.1) is 11.8 Å². The molecule has 0 aromatic heterocycles. The Morgan fingerprint density at radius 1 is 1.12 bits per heavy atom. The summed E-state index contributed by atoms with van der Waals surface area (Å²) in [5, 5.41) is 3.69. The monoisotopic (exact) mass is 227 g/mol. The van der Waals surface area contributed by atoms with E-state index < -0.39 is 0 Å². The molecule has 16 heavy (non-hydrogen) atoms. The molecule has 0 saturated heterocycles. The van der Waals surface area contributed by atoms with Gasteiger partial charge in [-0.1, -0.05) is 13.8 Å². The van der Waals surface area contributed by atoms with Crippen LogP contribution in [0.1, 0.15) is 53.4 Å². The van der Waals surface area contributed by atoms with Gasteiger partial charge in [0.2, 0.25) is 0 Å². The van der Waals surface area contributed by atoms with Crippen LogP contribution in [0.3, 0.4) is 0 Å². The van der Waals surface area contributed by atoms with Gasteiger partial charge in [-0.15, -0.1) is 0 Å². The summed E-state index contributed by atoms with van der Waals surface area (Å²) >= 11 is 0. The smallest absolute Gasteiger partial charge is 0.0634 e. The SMILES string of the molecule is COC(C)(C)CCNC1CC(C)CC(C)C1. The van der Waals surface area contributed by atoms with Gasteiger partial charge in [0.05, 0.1) is 5.60 Å². The van der Waals surface area contributed by atoms with E-state index in [0.29, 0.717) is 0 Å². The molecule has 0 amide bonds. The van der Waals surface area contributed by atoms with Crippen molar-refractivity contribution in [1.82, 2.24) is 5.32 Å². The summed E-state index contributed by atoms with van der Waals surface area (Å²) in [5.74, 6) is 1.77. The minimum Gasteiger partial charge on any atom is -0.379 e. The van der Waals surface area contributed by atoms with E-state index in [0.717, 1.165) is 30.8 Å². The summed E-state index contributed by atoms with van der Waals surface area (Å²) in [6.45, 7) is 10.1. The molecular weight excluding hydrogens is 198 g/mol. The van der Waals surface area contributed by atoms with E-state index in [1.165, 1.54) is 19.3 Å². The maximum atomic E-state index is 5.43. The van der Waals surface area contributed by atoms with Crippen molar-refractivity contribution in [2.75, 3.05) is 13.7 Å². The average Bonchev–Trinajstić information content (AvgIpc) is 2.16. The third kappa shape index (κ3) is 4.84. The molecule has 2 atom stereocenters. The highest BCUT2D eigenvalue weighted by atomic mass is 16.5. The van der Waals surface area contributed by atoms with Gasteiger partial charge in [0.1, 0.15) is 0 Å². The van der Waals surface area contributed by atoms with E-state index in [4.69, 9.17) is 4.74 Å². The molecule has 2 unspecified atom stereocenters. The molecule has 0 spiro atoms. The number of nitrogens with one attached hydrogen (secondary N) is 1. The predicted octanol–water partition coefficient (Wildman–Crippen LogP) is 3.22. The van der Waals surface area contributed by atoms with Gasteiger partial charge in [-0.2, -0.15) is 0 Å². The van der Waals surface area contributed by atoms with Crippen LogP contribution >= 0.6 is 0 Å². The molecule has 1 aliphatic rings. The zero-order valence-electron chi connectivity index (χ0n) is 11.7. The molecule has 1 rings (SSSR count). The normalized spacial score (nSPS) is 31.7. The van der Waals surface area contributed by atoms with Gasteiger partial charge in [0.15, 0.2) is 0 Å². The first-order valence-electron chi connectivity index (χ1n) is 6.71. The second-order valence-electron chi connectivity index (χ2n) is 6.28. The van der Waals surface area contributed by atoms with E-state index in [1.54, 1.807) is 7.11 Å². The van der Waals surface area contributed by atoms with Crippen LogP contribution in [0.15, 0.2) is 0 Å². The second-order valence-corrected chi connectivity index (χ2v) is 6.28. The van der Waals surface area contributed by atoms with Gasteiger partial charge < -0.3 is 10.1 Å². The maximum Gasteiger partial charge on any atom is 0.0634 e. The van der Waals surface area contributed by atoms with Crippen LogP contribution in [0.2, 0.25) is 0 Å². The molecule has 1 saturated carbocycles. The molecule has 0 aromatic rings. The summed E-state index contributed by atoms with van der Waals surface area (Å²) in [6.07, 6.45) is 5.18. The van der Waals surface area contributed by atoms with Crippen molar-refractivity contribution in [1.29, 1.82) is 0 Å². The third-order valence-electron chi connectivity index (χ3n) is 3.89. The van der Waals surface area contributed by atoms with Crippen molar-refractivity contribution in [3.8, 4) is 0 Å². The summed E-state index contributed by atoms with van der Waals surface area (Å²) in [6, 6.07) is 0.728. The fourth-order valence-electron chi connectivity index (χ4n) is 2.79. The molecule has 0 aliphatic heterocycles. The number of rotatable bonds is 5. The van der Waals surface area contributed by atoms with Crippen LogP contribution in [0.4, 0.5) is 0 Å². The highest BCUT2D eigenvalue weighted by Crippen LogP contribution is 2.28. The van der Waals surface area contributed by atoms with Crippen LogP contribution in [-0.4, -0.2) is 25.3 Å². The fraction of sp³-hybridized carbons (Fsp3) is 1.00. The molecule has 1 N–H and O–H groups in total. The van der Waals surface area contributed by atoms with Gasteiger partial charge in [0, 0.05) is 13.2 Å². The summed E-state index contributed by atoms with van der Waals surface area (Å²) in [4.78, 5) is 0. The Bertz CT molecular complexity index is 193. The van der Waals surface area contributed by atoms with Gasteiger partial charge in [-0.25, -0.2) is 0 Å². The van der Waals surface area contributed by atoms with E-state index in [2.05, 4.69) is 33.0 Å². The van der Waals surface area contributed by atoms with Crippen molar-refractivity contribution >= 4 is 0 Å². The van der Waals surface area contributed by atoms with Crippen LogP contribution < -0.4 is 5.32 Å². The maximum absolute atomic E-state index is 5.43. The van der Waals surface area contributed by atoms with Crippen molar-refractivity contribution in [3.05, 3.63) is 0 Å². The average molecular weight is 227 g/mol. The van der Waals surface area contributed by atoms with Gasteiger partial charge in [-0.3, -0.25) is 0 Å². The molecule has 0 radical (unpaired) electrons. The zero-order chi connectivity index (χ0) is 12.2. The molecule has 2 heteroatoms. The topological polar surface area (TPSA) is 21.3 Å². The van der Waals surface area contributed by atoms with Crippen LogP contribution in [0.25, 0.3) is 0 Å². The van der Waals surface area contributed by atoms with Gasteiger partial charge in [-0.05, 0) is 57.9 Å². The van der Waals surface area contributed by atoms with Crippen molar-refractivity contribution in [3.63, 3.8) is 0 Å². The van der Waals surface area contributed by atoms with Crippen molar-refractivity contribution in [2.24, 2.45) is 11.8 Å². The first-order chi connectivity index (χ1) is 7.43. The van der Waals surface area contributed by atoms with Crippen LogP contribution in [0.5, 0.6) is 0 Å². The van der Waals surface area contributed by atoms with Gasteiger partial charge in [0.25, 0.3) is 0 Å². The summed E-state index contributed by atoms with van der Waals surface area (Å²) in [5.41, 5.74) is 0.0128. The molecule has 1 aliphatic carbocycles. The minimum absolute atomic E-state index is 0.0128. The van der Waals surface area contributed by atoms with Crippen molar-refractivity contribution in [2.45, 2.75) is 65.0 Å². The van der Waals surface area contributed by atoms with E-state index in [9.17, 15) is 0 Å². The third-order valence-corrected chi connectivity index (χ3v) is 3.89. The quantitative estimate of drug-likeness (QED) is 0.778. The Morgan fingerprint density at radius 3 is 2.19 bits per heavy atom. The van der Waals surface area contributed by atoms with E-state index in [-0.39, 0.29) is 5.60 Å². The molecule has 96 valence electrons. The highest BCUT2D eigenvalue weighted by Gasteiger charge is 2.24. The standard InChI is InChI=1S/C14H29NO/c1-11-8-12(2)10-13(9-11)15-7-6-14(3,4)16-5/h11-13,15H,6-10H2,1-5H3. The zero-order valence-corrected chi connectivity index (χ0v) is 11.7. The Hall–Kier alpha value is -0.0800. The number of hydrogen-bond donors (Lipinski definition) is 1. The first-order valence-corrected chi connectivity index (χ1v) is 6.71. The van der Waals surface area contributed by atoms with Crippen molar-refractivity contribution < 1.29 is 4.74 Å². The van der Waals surface area contributed by atoms with E-state index >= 15 is 0 Å². The second kappa shape index (κ2) is 6.02. The molecule has 0 aromatic carbocycles. The van der Waals surface area contributed by atoms with Gasteiger partial charge >= 0.3 is 0 Å². The highest BCUT2D eigenvalue weighted by molar-refractivity contribution is 4.80. The summed E-state index contributed by atoms with van der Waals surface area (Å²) in [7, 11) is 1.80. The lowest BCUT2D eigenvalue weighted by molar-refractivity contribution is 0.0148. The van der Waals surface area contributed by atoms with Crippen LogP contribution in [-0.2, 0) is 4.74 Å². The Kier molecular flexibility index (Phi) is 5.26.